The van der Waals surface area contributed by atoms with Crippen LogP contribution in [-0.4, -0.2) is 61.2 Å². The molecule has 3 aromatic rings. The maximum absolute atomic E-state index is 12.7. The minimum Gasteiger partial charge on any atom is -0.340 e. The van der Waals surface area contributed by atoms with Gasteiger partial charge < -0.3 is 9.47 Å². The zero-order valence-corrected chi connectivity index (χ0v) is 16.3. The molecule has 1 amide bonds. The van der Waals surface area contributed by atoms with E-state index < -0.39 is 0 Å². The van der Waals surface area contributed by atoms with Crippen molar-refractivity contribution in [2.75, 3.05) is 26.2 Å². The largest absolute Gasteiger partial charge is 0.340 e. The van der Waals surface area contributed by atoms with Gasteiger partial charge in [0.25, 0.3) is 0 Å². The van der Waals surface area contributed by atoms with Crippen LogP contribution in [0.4, 0.5) is 0 Å². The minimum atomic E-state index is 0.134. The number of aromatic nitrogens is 4. The van der Waals surface area contributed by atoms with Gasteiger partial charge in [0.1, 0.15) is 18.1 Å². The van der Waals surface area contributed by atoms with Crippen LogP contribution in [0.25, 0.3) is 10.6 Å². The SMILES string of the molecule is Cn1ccnc1CN1CCCN(C(=O)Cn2ccc(-c3cccs3)n2)CC1. The van der Waals surface area contributed by atoms with E-state index in [-0.39, 0.29) is 5.91 Å². The monoisotopic (exact) mass is 384 g/mol. The zero-order chi connectivity index (χ0) is 18.6. The number of hydrogen-bond donors (Lipinski definition) is 0. The van der Waals surface area contributed by atoms with Gasteiger partial charge in [-0.1, -0.05) is 6.07 Å². The number of carbonyl (C=O) groups is 1. The molecule has 27 heavy (non-hydrogen) atoms. The number of thiophene rings is 1. The van der Waals surface area contributed by atoms with Crippen LogP contribution in [0.3, 0.4) is 0 Å². The summed E-state index contributed by atoms with van der Waals surface area (Å²) in [6.45, 7) is 4.54. The highest BCUT2D eigenvalue weighted by atomic mass is 32.1. The summed E-state index contributed by atoms with van der Waals surface area (Å²) >= 11 is 1.66. The summed E-state index contributed by atoms with van der Waals surface area (Å²) in [6.07, 6.45) is 6.67. The molecule has 0 aromatic carbocycles. The number of nitrogens with zero attached hydrogens (tertiary/aromatic N) is 6. The molecule has 1 saturated heterocycles. The second kappa shape index (κ2) is 8.06. The highest BCUT2D eigenvalue weighted by Crippen LogP contribution is 2.22. The third-order valence-corrected chi connectivity index (χ3v) is 5.83. The molecule has 3 aromatic heterocycles. The Bertz CT molecular complexity index is 884. The predicted molar refractivity (Wildman–Crippen MR) is 105 cm³/mol. The van der Waals surface area contributed by atoms with Gasteiger partial charge in [-0.25, -0.2) is 4.98 Å². The van der Waals surface area contributed by atoms with E-state index in [4.69, 9.17) is 0 Å². The molecule has 1 aliphatic heterocycles. The Morgan fingerprint density at radius 1 is 1.19 bits per heavy atom. The lowest BCUT2D eigenvalue weighted by molar-refractivity contribution is -0.131. The summed E-state index contributed by atoms with van der Waals surface area (Å²) in [6, 6.07) is 6.03. The topological polar surface area (TPSA) is 59.2 Å². The molecule has 0 saturated carbocycles. The molecular formula is C19H24N6OS. The normalized spacial score (nSPS) is 15.8. The Morgan fingerprint density at radius 3 is 2.89 bits per heavy atom. The number of imidazole rings is 1. The van der Waals surface area contributed by atoms with Crippen LogP contribution < -0.4 is 0 Å². The number of rotatable bonds is 5. The summed E-state index contributed by atoms with van der Waals surface area (Å²) < 4.78 is 3.80. The average molecular weight is 385 g/mol. The van der Waals surface area contributed by atoms with Crippen LogP contribution >= 0.6 is 11.3 Å². The molecule has 0 spiro atoms. The first kappa shape index (κ1) is 17.9. The van der Waals surface area contributed by atoms with Crippen LogP contribution in [-0.2, 0) is 24.9 Å². The fourth-order valence-electron chi connectivity index (χ4n) is 3.37. The molecule has 0 N–H and O–H groups in total. The van der Waals surface area contributed by atoms with Gasteiger partial charge in [-0.05, 0) is 23.9 Å². The molecular weight excluding hydrogens is 360 g/mol. The van der Waals surface area contributed by atoms with Crippen LogP contribution in [0.5, 0.6) is 0 Å². The molecule has 4 heterocycles. The van der Waals surface area contributed by atoms with Crippen molar-refractivity contribution in [3.05, 3.63) is 48.0 Å². The van der Waals surface area contributed by atoms with Gasteiger partial charge in [0.15, 0.2) is 0 Å². The van der Waals surface area contributed by atoms with E-state index in [0.29, 0.717) is 6.54 Å². The molecule has 0 bridgehead atoms. The van der Waals surface area contributed by atoms with Crippen LogP contribution in [0.2, 0.25) is 0 Å². The van der Waals surface area contributed by atoms with Gasteiger partial charge in [0.05, 0.1) is 11.4 Å². The van der Waals surface area contributed by atoms with Crippen LogP contribution in [0.15, 0.2) is 42.2 Å². The van der Waals surface area contributed by atoms with Crippen molar-refractivity contribution in [2.24, 2.45) is 7.05 Å². The van der Waals surface area contributed by atoms with Crippen molar-refractivity contribution < 1.29 is 4.79 Å². The van der Waals surface area contributed by atoms with Crippen LogP contribution in [0, 0.1) is 0 Å². The standard InChI is InChI=1S/C19H24N6OS/c1-22-10-6-20-18(22)14-23-7-3-8-24(12-11-23)19(26)15-25-9-5-16(21-25)17-4-2-13-27-17/h2,4-6,9-10,13H,3,7-8,11-12,14-15H2,1H3. The molecule has 0 aliphatic carbocycles. The van der Waals surface area contributed by atoms with E-state index >= 15 is 0 Å². The Hall–Kier alpha value is -2.45. The number of hydrogen-bond acceptors (Lipinski definition) is 5. The molecule has 1 fully saturated rings. The first-order chi connectivity index (χ1) is 13.2. The highest BCUT2D eigenvalue weighted by Gasteiger charge is 2.20. The maximum atomic E-state index is 12.7. The van der Waals surface area contributed by atoms with Gasteiger partial charge in [-0.3, -0.25) is 14.4 Å². The van der Waals surface area contributed by atoms with E-state index in [9.17, 15) is 4.79 Å². The van der Waals surface area contributed by atoms with Gasteiger partial charge >= 0.3 is 0 Å². The molecule has 142 valence electrons. The molecule has 7 nitrogen and oxygen atoms in total. The summed E-state index contributed by atoms with van der Waals surface area (Å²) in [4.78, 5) is 22.6. The lowest BCUT2D eigenvalue weighted by Gasteiger charge is -2.22. The van der Waals surface area contributed by atoms with Crippen molar-refractivity contribution >= 4 is 17.2 Å². The van der Waals surface area contributed by atoms with E-state index in [1.165, 1.54) is 0 Å². The summed E-state index contributed by atoms with van der Waals surface area (Å²) in [5, 5.41) is 6.58. The summed E-state index contributed by atoms with van der Waals surface area (Å²) in [5.41, 5.74) is 0.926. The second-order valence-electron chi connectivity index (χ2n) is 6.84. The Kier molecular flexibility index (Phi) is 5.35. The maximum Gasteiger partial charge on any atom is 0.244 e. The highest BCUT2D eigenvalue weighted by molar-refractivity contribution is 7.13. The fraction of sp³-hybridized carbons (Fsp3) is 0.421. The van der Waals surface area contributed by atoms with Crippen molar-refractivity contribution in [2.45, 2.75) is 19.5 Å². The van der Waals surface area contributed by atoms with E-state index in [0.717, 1.165) is 55.5 Å². The van der Waals surface area contributed by atoms with Crippen molar-refractivity contribution in [3.63, 3.8) is 0 Å². The van der Waals surface area contributed by atoms with Gasteiger partial charge in [0, 0.05) is 51.8 Å². The Morgan fingerprint density at radius 2 is 2.11 bits per heavy atom. The molecule has 0 radical (unpaired) electrons. The Balaban J connectivity index is 1.32. The minimum absolute atomic E-state index is 0.134. The van der Waals surface area contributed by atoms with Crippen molar-refractivity contribution in [3.8, 4) is 10.6 Å². The number of amides is 1. The first-order valence-corrected chi connectivity index (χ1v) is 10.1. The van der Waals surface area contributed by atoms with Gasteiger partial charge in [-0.15, -0.1) is 11.3 Å². The van der Waals surface area contributed by atoms with Gasteiger partial charge in [0.2, 0.25) is 5.91 Å². The second-order valence-corrected chi connectivity index (χ2v) is 7.79. The zero-order valence-electron chi connectivity index (χ0n) is 15.5. The molecule has 1 aliphatic rings. The van der Waals surface area contributed by atoms with Crippen LogP contribution in [0.1, 0.15) is 12.2 Å². The molecule has 0 unspecified atom stereocenters. The lowest BCUT2D eigenvalue weighted by atomic mass is 10.3. The third-order valence-electron chi connectivity index (χ3n) is 4.94. The first-order valence-electron chi connectivity index (χ1n) is 9.23. The fourth-order valence-corrected chi connectivity index (χ4v) is 4.06. The van der Waals surface area contributed by atoms with E-state index in [2.05, 4.69) is 19.5 Å². The average Bonchev–Trinajstić information content (AvgIpc) is 3.37. The molecule has 0 atom stereocenters. The third kappa shape index (κ3) is 4.28. The summed E-state index contributed by atoms with van der Waals surface area (Å²) in [5.74, 6) is 1.20. The molecule has 8 heteroatoms. The molecule has 4 rings (SSSR count). The number of aryl methyl sites for hydroxylation is 1. The lowest BCUT2D eigenvalue weighted by Crippen LogP contribution is -2.37. The quantitative estimate of drug-likeness (QED) is 0.676. The smallest absolute Gasteiger partial charge is 0.244 e. The number of carbonyl (C=O) groups excluding carboxylic acids is 1. The van der Waals surface area contributed by atoms with Crippen molar-refractivity contribution in [1.82, 2.24) is 29.1 Å². The van der Waals surface area contributed by atoms with E-state index in [1.807, 2.05) is 54.1 Å². The van der Waals surface area contributed by atoms with Crippen molar-refractivity contribution in [1.29, 1.82) is 0 Å². The summed E-state index contributed by atoms with van der Waals surface area (Å²) in [7, 11) is 2.02. The van der Waals surface area contributed by atoms with E-state index in [1.54, 1.807) is 16.0 Å². The predicted octanol–water partition coefficient (Wildman–Crippen LogP) is 2.08. The van der Waals surface area contributed by atoms with Gasteiger partial charge in [-0.2, -0.15) is 5.10 Å². The Labute approximate surface area is 162 Å².